The van der Waals surface area contributed by atoms with Gasteiger partial charge >= 0.3 is 6.16 Å². The van der Waals surface area contributed by atoms with E-state index in [-0.39, 0.29) is 11.5 Å². The summed E-state index contributed by atoms with van der Waals surface area (Å²) in [6.07, 6.45) is 0.595. The maximum absolute atomic E-state index is 12.0. The predicted molar refractivity (Wildman–Crippen MR) is 91.9 cm³/mol. The molecule has 0 atom stereocenters. The number of carbonyl (C=O) groups is 2. The highest BCUT2D eigenvalue weighted by Crippen LogP contribution is 2.15. The van der Waals surface area contributed by atoms with Gasteiger partial charge < -0.3 is 9.84 Å². The van der Waals surface area contributed by atoms with E-state index in [1.54, 1.807) is 24.3 Å². The summed E-state index contributed by atoms with van der Waals surface area (Å²) < 4.78 is 4.20. The number of nitro benzene ring substituents is 1. The average Bonchev–Trinajstić information content (AvgIpc) is 2.62. The molecular weight excluding hydrogens is 326 g/mol. The minimum absolute atomic E-state index is 0.0189. The molecule has 0 amide bonds. The summed E-state index contributed by atoms with van der Waals surface area (Å²) in [5, 5.41) is 18.4. The number of nitrogens with zero attached hydrogens (tertiary/aromatic N) is 1. The Kier molecular flexibility index (Phi) is 8.35. The lowest BCUT2D eigenvalue weighted by Gasteiger charge is -2.00. The molecule has 0 radical (unpaired) electrons. The van der Waals surface area contributed by atoms with E-state index >= 15 is 0 Å². The van der Waals surface area contributed by atoms with Crippen molar-refractivity contribution in [3.63, 3.8) is 0 Å². The highest BCUT2D eigenvalue weighted by Gasteiger charge is 2.10. The third-order valence-corrected chi connectivity index (χ3v) is 3.10. The molecular formula is C18H19NO6. The van der Waals surface area contributed by atoms with Crippen LogP contribution in [-0.4, -0.2) is 28.6 Å². The van der Waals surface area contributed by atoms with E-state index in [2.05, 4.69) is 4.74 Å². The molecule has 132 valence electrons. The fraction of sp³-hybridized carbons (Fsp3) is 0.222. The van der Waals surface area contributed by atoms with Crippen LogP contribution in [0, 0.1) is 10.1 Å². The molecule has 0 bridgehead atoms. The Balaban J connectivity index is 0.000000333. The Bertz CT molecular complexity index is 697. The summed E-state index contributed by atoms with van der Waals surface area (Å²) >= 11 is 0. The molecule has 0 aliphatic rings. The van der Waals surface area contributed by atoms with E-state index in [0.717, 1.165) is 12.8 Å². The molecule has 1 N–H and O–H groups in total. The van der Waals surface area contributed by atoms with Gasteiger partial charge in [-0.1, -0.05) is 43.7 Å². The van der Waals surface area contributed by atoms with Crippen LogP contribution in [0.15, 0.2) is 54.6 Å². The van der Waals surface area contributed by atoms with Gasteiger partial charge in [-0.2, -0.15) is 0 Å². The molecule has 0 heterocycles. The fourth-order valence-electron chi connectivity index (χ4n) is 1.79. The molecule has 0 spiro atoms. The van der Waals surface area contributed by atoms with Gasteiger partial charge in [0.2, 0.25) is 0 Å². The van der Waals surface area contributed by atoms with Gasteiger partial charge in [-0.25, -0.2) is 4.79 Å². The van der Waals surface area contributed by atoms with Gasteiger partial charge in [0.15, 0.2) is 5.78 Å². The number of carbonyl (C=O) groups excluding carboxylic acids is 1. The summed E-state index contributed by atoms with van der Waals surface area (Å²) in [5.41, 5.74) is 0.998. The second-order valence-electron chi connectivity index (χ2n) is 4.97. The van der Waals surface area contributed by atoms with Crippen molar-refractivity contribution in [3.8, 4) is 0 Å². The van der Waals surface area contributed by atoms with Crippen LogP contribution in [0.2, 0.25) is 0 Å². The van der Waals surface area contributed by atoms with Crippen LogP contribution in [0.25, 0.3) is 0 Å². The Labute approximate surface area is 145 Å². The Morgan fingerprint density at radius 2 is 1.60 bits per heavy atom. The van der Waals surface area contributed by atoms with E-state index in [1.165, 1.54) is 24.3 Å². The molecule has 7 heteroatoms. The van der Waals surface area contributed by atoms with Crippen molar-refractivity contribution in [1.29, 1.82) is 0 Å². The summed E-state index contributed by atoms with van der Waals surface area (Å²) in [4.78, 5) is 31.6. The lowest BCUT2D eigenvalue weighted by atomic mass is 10.0. The summed E-state index contributed by atoms with van der Waals surface area (Å²) in [6.45, 7) is 2.30. The normalized spacial score (nSPS) is 9.48. The van der Waals surface area contributed by atoms with Crippen molar-refractivity contribution in [3.05, 3.63) is 75.8 Å². The van der Waals surface area contributed by atoms with E-state index in [0.29, 0.717) is 17.7 Å². The second-order valence-corrected chi connectivity index (χ2v) is 4.97. The zero-order valence-corrected chi connectivity index (χ0v) is 13.8. The summed E-state index contributed by atoms with van der Waals surface area (Å²) in [6, 6.07) is 14.4. The van der Waals surface area contributed by atoms with Gasteiger partial charge in [0.1, 0.15) is 0 Å². The molecule has 0 aliphatic carbocycles. The van der Waals surface area contributed by atoms with Crippen molar-refractivity contribution in [2.24, 2.45) is 0 Å². The molecule has 0 aliphatic heterocycles. The maximum Gasteiger partial charge on any atom is 0.505 e. The van der Waals surface area contributed by atoms with Crippen LogP contribution in [0.3, 0.4) is 0 Å². The highest BCUT2D eigenvalue weighted by molar-refractivity contribution is 6.09. The van der Waals surface area contributed by atoms with E-state index in [1.807, 2.05) is 13.0 Å². The molecule has 2 aromatic rings. The average molecular weight is 345 g/mol. The Morgan fingerprint density at radius 3 is 2.08 bits per heavy atom. The first-order valence-corrected chi connectivity index (χ1v) is 7.65. The number of hydrogen-bond donors (Lipinski definition) is 1. The fourth-order valence-corrected chi connectivity index (χ4v) is 1.79. The number of non-ortho nitro benzene ring substituents is 1. The molecule has 7 nitrogen and oxygen atoms in total. The van der Waals surface area contributed by atoms with Crippen molar-refractivity contribution in [1.82, 2.24) is 0 Å². The lowest BCUT2D eigenvalue weighted by molar-refractivity contribution is -0.384. The predicted octanol–water partition coefficient (Wildman–Crippen LogP) is 4.31. The zero-order chi connectivity index (χ0) is 18.7. The molecule has 0 fully saturated rings. The first-order chi connectivity index (χ1) is 12.0. The molecule has 25 heavy (non-hydrogen) atoms. The third-order valence-electron chi connectivity index (χ3n) is 3.10. The molecule has 0 saturated carbocycles. The van der Waals surface area contributed by atoms with Gasteiger partial charge in [-0.05, 0) is 18.6 Å². The number of rotatable bonds is 6. The van der Waals surface area contributed by atoms with Gasteiger partial charge in [0, 0.05) is 23.3 Å². The molecule has 2 rings (SSSR count). The minimum atomic E-state index is -1.18. The van der Waals surface area contributed by atoms with Crippen molar-refractivity contribution in [2.75, 3.05) is 6.61 Å². The van der Waals surface area contributed by atoms with Gasteiger partial charge in [0.05, 0.1) is 11.5 Å². The smallest absolute Gasteiger partial charge is 0.450 e. The van der Waals surface area contributed by atoms with Gasteiger partial charge in [-0.15, -0.1) is 0 Å². The number of carboxylic acid groups (broad SMARTS) is 1. The molecule has 2 aromatic carbocycles. The van der Waals surface area contributed by atoms with Crippen LogP contribution in [0.5, 0.6) is 0 Å². The SMILES string of the molecule is CCCCOC(=O)O.O=C(c1ccccc1)c1ccc([N+](=O)[O-])cc1. The van der Waals surface area contributed by atoms with Crippen molar-refractivity contribution >= 4 is 17.6 Å². The minimum Gasteiger partial charge on any atom is -0.450 e. The molecule has 0 saturated heterocycles. The van der Waals surface area contributed by atoms with E-state index < -0.39 is 11.1 Å². The monoisotopic (exact) mass is 345 g/mol. The lowest BCUT2D eigenvalue weighted by Crippen LogP contribution is -2.00. The number of ketones is 1. The van der Waals surface area contributed by atoms with Crippen molar-refractivity contribution < 1.29 is 24.4 Å². The number of nitro groups is 1. The van der Waals surface area contributed by atoms with E-state index in [9.17, 15) is 19.7 Å². The van der Waals surface area contributed by atoms with Crippen LogP contribution in [0.1, 0.15) is 35.7 Å². The maximum atomic E-state index is 12.0. The number of benzene rings is 2. The van der Waals surface area contributed by atoms with Crippen LogP contribution >= 0.6 is 0 Å². The number of ether oxygens (including phenoxy) is 1. The summed E-state index contributed by atoms with van der Waals surface area (Å²) in [7, 11) is 0. The molecule has 0 unspecified atom stereocenters. The van der Waals surface area contributed by atoms with Crippen LogP contribution in [-0.2, 0) is 4.74 Å². The second kappa shape index (κ2) is 10.5. The quantitative estimate of drug-likeness (QED) is 0.275. The Hall–Kier alpha value is -3.22. The molecule has 0 aromatic heterocycles. The topological polar surface area (TPSA) is 107 Å². The van der Waals surface area contributed by atoms with Gasteiger partial charge in [0.25, 0.3) is 5.69 Å². The van der Waals surface area contributed by atoms with Crippen LogP contribution < -0.4 is 0 Å². The Morgan fingerprint density at radius 1 is 1.04 bits per heavy atom. The van der Waals surface area contributed by atoms with Crippen LogP contribution in [0.4, 0.5) is 10.5 Å². The number of hydrogen-bond acceptors (Lipinski definition) is 5. The van der Waals surface area contributed by atoms with Gasteiger partial charge in [-0.3, -0.25) is 14.9 Å². The largest absolute Gasteiger partial charge is 0.505 e. The van der Waals surface area contributed by atoms with E-state index in [4.69, 9.17) is 5.11 Å². The summed E-state index contributed by atoms with van der Waals surface area (Å²) in [5.74, 6) is -0.138. The first kappa shape index (κ1) is 19.8. The third kappa shape index (κ3) is 7.26. The first-order valence-electron chi connectivity index (χ1n) is 7.65. The number of unbranched alkanes of at least 4 members (excludes halogenated alkanes) is 1. The van der Waals surface area contributed by atoms with Crippen molar-refractivity contribution in [2.45, 2.75) is 19.8 Å². The highest BCUT2D eigenvalue weighted by atomic mass is 16.7. The zero-order valence-electron chi connectivity index (χ0n) is 13.8. The standard InChI is InChI=1S/C13H9NO3.C5H10O3/c15-13(10-4-2-1-3-5-10)11-6-8-12(9-7-11)14(16)17;1-2-3-4-8-5(6)7/h1-9H;2-4H2,1H3,(H,6,7).